The lowest BCUT2D eigenvalue weighted by atomic mass is 9.92. The van der Waals surface area contributed by atoms with Crippen LogP contribution in [0.1, 0.15) is 34.1 Å². The molecule has 0 aliphatic carbocycles. The standard InChI is InChI=1S/C12H26N2/c1-10(2)13-5-6-14-8-11(3)7-12(4)9-14/h10-13H,5-9H2,1-4H3/t11-,12-/m0/s1. The molecule has 0 spiro atoms. The zero-order chi connectivity index (χ0) is 10.6. The Balaban J connectivity index is 2.17. The number of nitrogens with one attached hydrogen (secondary N) is 1. The van der Waals surface area contributed by atoms with Crippen molar-refractivity contribution in [3.05, 3.63) is 0 Å². The summed E-state index contributed by atoms with van der Waals surface area (Å²) in [4.78, 5) is 2.61. The van der Waals surface area contributed by atoms with Crippen LogP contribution in [0.25, 0.3) is 0 Å². The SMILES string of the molecule is CC(C)NCCN1C[C@@H](C)C[C@H](C)C1. The Bertz CT molecular complexity index is 146. The predicted octanol–water partition coefficient (Wildman–Crippen LogP) is 1.96. The van der Waals surface area contributed by atoms with E-state index in [0.29, 0.717) is 6.04 Å². The van der Waals surface area contributed by atoms with Crippen LogP contribution in [0.15, 0.2) is 0 Å². The van der Waals surface area contributed by atoms with Crippen LogP contribution in [0.4, 0.5) is 0 Å². The molecule has 1 aliphatic rings. The van der Waals surface area contributed by atoms with Crippen molar-refractivity contribution >= 4 is 0 Å². The first-order chi connectivity index (χ1) is 6.58. The van der Waals surface area contributed by atoms with Gasteiger partial charge in [0.2, 0.25) is 0 Å². The maximum Gasteiger partial charge on any atom is 0.0107 e. The first-order valence-electron chi connectivity index (χ1n) is 6.03. The molecule has 0 bridgehead atoms. The maximum atomic E-state index is 3.48. The number of nitrogens with zero attached hydrogens (tertiary/aromatic N) is 1. The van der Waals surface area contributed by atoms with Crippen LogP contribution >= 0.6 is 0 Å². The summed E-state index contributed by atoms with van der Waals surface area (Å²) in [6.07, 6.45) is 1.41. The van der Waals surface area contributed by atoms with Crippen molar-refractivity contribution < 1.29 is 0 Å². The van der Waals surface area contributed by atoms with E-state index in [0.717, 1.165) is 18.4 Å². The quantitative estimate of drug-likeness (QED) is 0.743. The van der Waals surface area contributed by atoms with Gasteiger partial charge in [0, 0.05) is 32.2 Å². The van der Waals surface area contributed by atoms with Gasteiger partial charge in [0.1, 0.15) is 0 Å². The molecule has 1 saturated heterocycles. The topological polar surface area (TPSA) is 15.3 Å². The highest BCUT2D eigenvalue weighted by molar-refractivity contribution is 4.75. The molecule has 2 atom stereocenters. The van der Waals surface area contributed by atoms with Crippen molar-refractivity contribution in [2.75, 3.05) is 26.2 Å². The minimum absolute atomic E-state index is 0.620. The third-order valence-electron chi connectivity index (χ3n) is 2.93. The minimum Gasteiger partial charge on any atom is -0.313 e. The normalized spacial score (nSPS) is 29.8. The summed E-state index contributed by atoms with van der Waals surface area (Å²) in [5.74, 6) is 1.77. The number of likely N-dealkylation sites (tertiary alicyclic amines) is 1. The summed E-state index contributed by atoms with van der Waals surface area (Å²) in [5.41, 5.74) is 0. The van der Waals surface area contributed by atoms with Gasteiger partial charge in [0.15, 0.2) is 0 Å². The molecule has 1 rings (SSSR count). The average Bonchev–Trinajstić information content (AvgIpc) is 2.01. The molecule has 14 heavy (non-hydrogen) atoms. The van der Waals surface area contributed by atoms with Gasteiger partial charge in [-0.3, -0.25) is 0 Å². The zero-order valence-electron chi connectivity index (χ0n) is 10.2. The molecule has 2 heteroatoms. The third-order valence-corrected chi connectivity index (χ3v) is 2.93. The van der Waals surface area contributed by atoms with E-state index in [-0.39, 0.29) is 0 Å². The molecule has 0 saturated carbocycles. The van der Waals surface area contributed by atoms with E-state index in [1.165, 1.54) is 26.1 Å². The molecule has 1 aliphatic heterocycles. The highest BCUT2D eigenvalue weighted by Crippen LogP contribution is 2.20. The van der Waals surface area contributed by atoms with Crippen LogP contribution in [0.2, 0.25) is 0 Å². The second kappa shape index (κ2) is 5.72. The number of hydrogen-bond acceptors (Lipinski definition) is 2. The highest BCUT2D eigenvalue weighted by atomic mass is 15.1. The van der Waals surface area contributed by atoms with Crippen molar-refractivity contribution in [2.45, 2.75) is 40.2 Å². The Hall–Kier alpha value is -0.0800. The van der Waals surface area contributed by atoms with Crippen LogP contribution in [0, 0.1) is 11.8 Å². The molecule has 1 heterocycles. The highest BCUT2D eigenvalue weighted by Gasteiger charge is 2.20. The van der Waals surface area contributed by atoms with E-state index in [1.807, 2.05) is 0 Å². The monoisotopic (exact) mass is 198 g/mol. The number of hydrogen-bond donors (Lipinski definition) is 1. The van der Waals surface area contributed by atoms with Crippen LogP contribution in [0.3, 0.4) is 0 Å². The molecule has 0 aromatic carbocycles. The first-order valence-corrected chi connectivity index (χ1v) is 6.03. The van der Waals surface area contributed by atoms with Gasteiger partial charge in [-0.05, 0) is 18.3 Å². The molecule has 0 aromatic rings. The first kappa shape index (κ1) is 12.0. The van der Waals surface area contributed by atoms with Crippen LogP contribution < -0.4 is 5.32 Å². The fourth-order valence-corrected chi connectivity index (χ4v) is 2.49. The Labute approximate surface area is 89.1 Å². The van der Waals surface area contributed by atoms with Gasteiger partial charge >= 0.3 is 0 Å². The van der Waals surface area contributed by atoms with Crippen molar-refractivity contribution in [2.24, 2.45) is 11.8 Å². The van der Waals surface area contributed by atoms with Crippen LogP contribution in [0.5, 0.6) is 0 Å². The molecule has 0 unspecified atom stereocenters. The van der Waals surface area contributed by atoms with E-state index in [4.69, 9.17) is 0 Å². The lowest BCUT2D eigenvalue weighted by molar-refractivity contribution is 0.141. The maximum absolute atomic E-state index is 3.48. The van der Waals surface area contributed by atoms with E-state index >= 15 is 0 Å². The molecule has 2 nitrogen and oxygen atoms in total. The second-order valence-electron chi connectivity index (χ2n) is 5.31. The smallest absolute Gasteiger partial charge is 0.0107 e. The van der Waals surface area contributed by atoms with Gasteiger partial charge in [-0.2, -0.15) is 0 Å². The summed E-state index contributed by atoms with van der Waals surface area (Å²) in [7, 11) is 0. The van der Waals surface area contributed by atoms with Gasteiger partial charge < -0.3 is 10.2 Å². The van der Waals surface area contributed by atoms with Crippen molar-refractivity contribution in [1.29, 1.82) is 0 Å². The fraction of sp³-hybridized carbons (Fsp3) is 1.00. The fourth-order valence-electron chi connectivity index (χ4n) is 2.49. The van der Waals surface area contributed by atoms with Gasteiger partial charge in [-0.25, -0.2) is 0 Å². The molecule has 0 aromatic heterocycles. The van der Waals surface area contributed by atoms with Gasteiger partial charge in [0.25, 0.3) is 0 Å². The lowest BCUT2D eigenvalue weighted by Crippen LogP contribution is -2.42. The molecular weight excluding hydrogens is 172 g/mol. The van der Waals surface area contributed by atoms with Crippen LogP contribution in [-0.4, -0.2) is 37.1 Å². The number of piperidine rings is 1. The summed E-state index contributed by atoms with van der Waals surface area (Å²) >= 11 is 0. The molecule has 0 radical (unpaired) electrons. The zero-order valence-corrected chi connectivity index (χ0v) is 10.2. The van der Waals surface area contributed by atoms with Crippen LogP contribution in [-0.2, 0) is 0 Å². The average molecular weight is 198 g/mol. The Kier molecular flexibility index (Phi) is 4.90. The molecule has 1 N–H and O–H groups in total. The third kappa shape index (κ3) is 4.43. The summed E-state index contributed by atoms with van der Waals surface area (Å²) < 4.78 is 0. The van der Waals surface area contributed by atoms with Gasteiger partial charge in [-0.15, -0.1) is 0 Å². The predicted molar refractivity (Wildman–Crippen MR) is 62.5 cm³/mol. The Morgan fingerprint density at radius 1 is 1.21 bits per heavy atom. The van der Waals surface area contributed by atoms with Gasteiger partial charge in [0.05, 0.1) is 0 Å². The van der Waals surface area contributed by atoms with Crippen molar-refractivity contribution in [3.63, 3.8) is 0 Å². The largest absolute Gasteiger partial charge is 0.313 e. The van der Waals surface area contributed by atoms with E-state index in [1.54, 1.807) is 0 Å². The Morgan fingerprint density at radius 2 is 1.79 bits per heavy atom. The second-order valence-corrected chi connectivity index (χ2v) is 5.31. The van der Waals surface area contributed by atoms with E-state index in [2.05, 4.69) is 37.9 Å². The minimum atomic E-state index is 0.620. The lowest BCUT2D eigenvalue weighted by Gasteiger charge is -2.35. The van der Waals surface area contributed by atoms with Crippen molar-refractivity contribution in [1.82, 2.24) is 10.2 Å². The number of rotatable bonds is 4. The molecule has 1 fully saturated rings. The summed E-state index contributed by atoms with van der Waals surface area (Å²) in [5, 5.41) is 3.48. The van der Waals surface area contributed by atoms with E-state index in [9.17, 15) is 0 Å². The molecule has 84 valence electrons. The summed E-state index contributed by atoms with van der Waals surface area (Å²) in [6, 6.07) is 0.620. The van der Waals surface area contributed by atoms with E-state index < -0.39 is 0 Å². The summed E-state index contributed by atoms with van der Waals surface area (Å²) in [6.45, 7) is 14.1. The molecular formula is C12H26N2. The Morgan fingerprint density at radius 3 is 2.29 bits per heavy atom. The molecule has 0 amide bonds. The van der Waals surface area contributed by atoms with Gasteiger partial charge in [-0.1, -0.05) is 27.7 Å². The van der Waals surface area contributed by atoms with Crippen molar-refractivity contribution in [3.8, 4) is 0 Å².